The zero-order valence-corrected chi connectivity index (χ0v) is 5.39. The van der Waals surface area contributed by atoms with Gasteiger partial charge in [-0.05, 0) is 12.5 Å². The topological polar surface area (TPSA) is 46.0 Å². The summed E-state index contributed by atoms with van der Waals surface area (Å²) in [7, 11) is 0. The number of aromatic amines is 1. The summed E-state index contributed by atoms with van der Waals surface area (Å²) in [6.45, 7) is 0. The summed E-state index contributed by atoms with van der Waals surface area (Å²) >= 11 is 0. The lowest BCUT2D eigenvalue weighted by Crippen LogP contribution is -2.03. The van der Waals surface area contributed by atoms with Crippen LogP contribution in [0.1, 0.15) is 17.7 Å². The Bertz CT molecular complexity index is 319. The van der Waals surface area contributed by atoms with Crippen LogP contribution in [0.15, 0.2) is 15.4 Å². The van der Waals surface area contributed by atoms with Gasteiger partial charge in [0.15, 0.2) is 0 Å². The van der Waals surface area contributed by atoms with Gasteiger partial charge >= 0.3 is 0 Å². The molecule has 0 aliphatic heterocycles. The molecule has 1 aromatic heterocycles. The molecule has 1 N–H and O–H groups in total. The number of H-pyrrole nitrogens is 1. The molecule has 0 bridgehead atoms. The number of hydrogen-bond acceptors (Lipinski definition) is 2. The third-order valence-corrected chi connectivity index (χ3v) is 1.63. The van der Waals surface area contributed by atoms with Crippen molar-refractivity contribution in [3.05, 3.63) is 27.8 Å². The van der Waals surface area contributed by atoms with Crippen molar-refractivity contribution in [3.8, 4) is 0 Å². The first-order valence-electron chi connectivity index (χ1n) is 3.25. The summed E-state index contributed by atoms with van der Waals surface area (Å²) in [6.07, 6.45) is 5.59. The molecule has 0 saturated heterocycles. The maximum Gasteiger partial charge on any atom is 0.287 e. The van der Waals surface area contributed by atoms with Gasteiger partial charge in [0.05, 0.1) is 5.56 Å². The third kappa shape index (κ3) is 0.635. The molecule has 10 heavy (non-hydrogen) atoms. The van der Waals surface area contributed by atoms with Crippen LogP contribution in [0.3, 0.4) is 0 Å². The standard InChI is InChI=1S/C7H7NO2/c9-7-5-3-1-2-4-6(5)10-8-7/h1,3H,2,4H2,(H,8,9). The fourth-order valence-electron chi connectivity index (χ4n) is 1.11. The molecule has 0 unspecified atom stereocenters. The highest BCUT2D eigenvalue weighted by atomic mass is 16.5. The highest BCUT2D eigenvalue weighted by Crippen LogP contribution is 2.13. The van der Waals surface area contributed by atoms with E-state index in [1.54, 1.807) is 6.08 Å². The van der Waals surface area contributed by atoms with Gasteiger partial charge in [-0.1, -0.05) is 6.08 Å². The number of rotatable bonds is 0. The van der Waals surface area contributed by atoms with E-state index in [0.29, 0.717) is 5.56 Å². The van der Waals surface area contributed by atoms with Crippen LogP contribution in [0.5, 0.6) is 0 Å². The van der Waals surface area contributed by atoms with Gasteiger partial charge in [0.25, 0.3) is 5.56 Å². The van der Waals surface area contributed by atoms with E-state index in [9.17, 15) is 4.79 Å². The van der Waals surface area contributed by atoms with Crippen molar-refractivity contribution in [3.63, 3.8) is 0 Å². The molecule has 1 aromatic rings. The monoisotopic (exact) mass is 137 g/mol. The fraction of sp³-hybridized carbons (Fsp3) is 0.286. The molecule has 0 spiro atoms. The van der Waals surface area contributed by atoms with Crippen LogP contribution in [0, 0.1) is 0 Å². The molecule has 1 aliphatic rings. The van der Waals surface area contributed by atoms with E-state index in [4.69, 9.17) is 4.52 Å². The SMILES string of the molecule is O=c1[nH]oc2c1C=CCC2. The van der Waals surface area contributed by atoms with Gasteiger partial charge in [-0.2, -0.15) is 5.16 Å². The Morgan fingerprint density at radius 2 is 2.50 bits per heavy atom. The summed E-state index contributed by atoms with van der Waals surface area (Å²) in [4.78, 5) is 10.9. The molecule has 0 amide bonds. The van der Waals surface area contributed by atoms with Gasteiger partial charge in [0.1, 0.15) is 5.76 Å². The highest BCUT2D eigenvalue weighted by molar-refractivity contribution is 5.51. The van der Waals surface area contributed by atoms with Crippen LogP contribution in [0.4, 0.5) is 0 Å². The predicted molar refractivity (Wildman–Crippen MR) is 36.7 cm³/mol. The maximum atomic E-state index is 10.9. The second kappa shape index (κ2) is 1.87. The summed E-state index contributed by atoms with van der Waals surface area (Å²) in [5.74, 6) is 0.785. The minimum Gasteiger partial charge on any atom is -0.383 e. The Hall–Kier alpha value is -1.25. The molecule has 52 valence electrons. The minimum absolute atomic E-state index is 0.119. The molecular weight excluding hydrogens is 130 g/mol. The molecule has 1 aliphatic carbocycles. The molecule has 1 heterocycles. The zero-order valence-electron chi connectivity index (χ0n) is 5.39. The lowest BCUT2D eigenvalue weighted by molar-refractivity contribution is 0.378. The summed E-state index contributed by atoms with van der Waals surface area (Å²) in [5.41, 5.74) is 0.567. The maximum absolute atomic E-state index is 10.9. The normalized spacial score (nSPS) is 15.2. The molecule has 0 radical (unpaired) electrons. The number of aromatic nitrogens is 1. The van der Waals surface area contributed by atoms with E-state index in [0.717, 1.165) is 18.6 Å². The van der Waals surface area contributed by atoms with Crippen LogP contribution < -0.4 is 5.56 Å². The third-order valence-electron chi connectivity index (χ3n) is 1.63. The van der Waals surface area contributed by atoms with Crippen molar-refractivity contribution in [2.45, 2.75) is 12.8 Å². The molecule has 3 nitrogen and oxygen atoms in total. The number of aryl methyl sites for hydroxylation is 1. The largest absolute Gasteiger partial charge is 0.383 e. The molecule has 3 heteroatoms. The van der Waals surface area contributed by atoms with Crippen LogP contribution in [-0.4, -0.2) is 5.16 Å². The first kappa shape index (κ1) is 5.53. The Labute approximate surface area is 57.3 Å². The van der Waals surface area contributed by atoms with Crippen molar-refractivity contribution in [1.82, 2.24) is 5.16 Å². The van der Waals surface area contributed by atoms with E-state index in [1.807, 2.05) is 6.08 Å². The summed E-state index contributed by atoms with van der Waals surface area (Å²) in [6, 6.07) is 0. The van der Waals surface area contributed by atoms with E-state index in [-0.39, 0.29) is 5.56 Å². The van der Waals surface area contributed by atoms with Crippen LogP contribution >= 0.6 is 0 Å². The highest BCUT2D eigenvalue weighted by Gasteiger charge is 2.11. The summed E-state index contributed by atoms with van der Waals surface area (Å²) < 4.78 is 4.90. The Kier molecular flexibility index (Phi) is 1.03. The van der Waals surface area contributed by atoms with Crippen molar-refractivity contribution >= 4 is 6.08 Å². The predicted octanol–water partition coefficient (Wildman–Crippen LogP) is 0.927. The van der Waals surface area contributed by atoms with Gasteiger partial charge in [-0.25, -0.2) is 0 Å². The average Bonchev–Trinajstić information content (AvgIpc) is 2.34. The van der Waals surface area contributed by atoms with Crippen LogP contribution in [-0.2, 0) is 6.42 Å². The average molecular weight is 137 g/mol. The molecule has 0 fully saturated rings. The first-order valence-corrected chi connectivity index (χ1v) is 3.25. The molecule has 2 rings (SSSR count). The van der Waals surface area contributed by atoms with E-state index in [1.165, 1.54) is 0 Å². The number of fused-ring (bicyclic) bond motifs is 1. The van der Waals surface area contributed by atoms with Crippen LogP contribution in [0.25, 0.3) is 6.08 Å². The van der Waals surface area contributed by atoms with Gasteiger partial charge in [-0.3, -0.25) is 4.79 Å². The minimum atomic E-state index is -0.119. The number of nitrogens with one attached hydrogen (secondary N) is 1. The van der Waals surface area contributed by atoms with Gasteiger partial charge in [-0.15, -0.1) is 0 Å². The van der Waals surface area contributed by atoms with Crippen LogP contribution in [0.2, 0.25) is 0 Å². The van der Waals surface area contributed by atoms with Crippen molar-refractivity contribution in [2.75, 3.05) is 0 Å². The lowest BCUT2D eigenvalue weighted by atomic mass is 10.1. The quantitative estimate of drug-likeness (QED) is 0.578. The number of hydrogen-bond donors (Lipinski definition) is 1. The molecule has 0 aromatic carbocycles. The second-order valence-corrected chi connectivity index (χ2v) is 2.31. The van der Waals surface area contributed by atoms with E-state index >= 15 is 0 Å². The molecule has 0 saturated carbocycles. The van der Waals surface area contributed by atoms with Gasteiger partial charge in [0.2, 0.25) is 0 Å². The smallest absolute Gasteiger partial charge is 0.287 e. The summed E-state index contributed by atoms with van der Waals surface area (Å²) in [5, 5.41) is 2.30. The van der Waals surface area contributed by atoms with Gasteiger partial charge < -0.3 is 4.52 Å². The number of allylic oxidation sites excluding steroid dienone is 1. The Balaban J connectivity index is 2.68. The van der Waals surface area contributed by atoms with Crippen molar-refractivity contribution in [2.24, 2.45) is 0 Å². The molecular formula is C7H7NO2. The van der Waals surface area contributed by atoms with Gasteiger partial charge in [0, 0.05) is 6.42 Å². The van der Waals surface area contributed by atoms with E-state index < -0.39 is 0 Å². The Morgan fingerprint density at radius 1 is 1.60 bits per heavy atom. The van der Waals surface area contributed by atoms with E-state index in [2.05, 4.69) is 5.16 Å². The first-order chi connectivity index (χ1) is 4.88. The molecule has 0 atom stereocenters. The van der Waals surface area contributed by atoms with Crippen molar-refractivity contribution < 1.29 is 4.52 Å². The Morgan fingerprint density at radius 3 is 3.30 bits per heavy atom. The second-order valence-electron chi connectivity index (χ2n) is 2.31. The van der Waals surface area contributed by atoms with Crippen molar-refractivity contribution in [1.29, 1.82) is 0 Å². The fourth-order valence-corrected chi connectivity index (χ4v) is 1.11. The lowest BCUT2D eigenvalue weighted by Gasteiger charge is -1.97. The zero-order chi connectivity index (χ0) is 6.97.